The summed E-state index contributed by atoms with van der Waals surface area (Å²) in [6.45, 7) is 5.47. The summed E-state index contributed by atoms with van der Waals surface area (Å²) < 4.78 is 5.19. The molecular weight excluding hydrogens is 186 g/mol. The van der Waals surface area contributed by atoms with E-state index in [2.05, 4.69) is 31.3 Å². The van der Waals surface area contributed by atoms with Crippen molar-refractivity contribution in [3.05, 3.63) is 29.3 Å². The predicted molar refractivity (Wildman–Crippen MR) is 64.5 cm³/mol. The average Bonchev–Trinajstić information content (AvgIpc) is 2.21. The molecule has 0 aromatic heterocycles. The van der Waals surface area contributed by atoms with E-state index < -0.39 is 0 Å². The second-order valence-corrected chi connectivity index (χ2v) is 4.16. The highest BCUT2D eigenvalue weighted by molar-refractivity contribution is 5.34. The number of hydrogen-bond acceptors (Lipinski definition) is 2. The van der Waals surface area contributed by atoms with Crippen molar-refractivity contribution in [3.8, 4) is 5.75 Å². The van der Waals surface area contributed by atoms with E-state index in [0.29, 0.717) is 5.92 Å². The largest absolute Gasteiger partial charge is 0.497 e. The molecule has 0 aliphatic rings. The molecule has 0 heterocycles. The first-order chi connectivity index (χ1) is 7.17. The first-order valence-corrected chi connectivity index (χ1v) is 5.45. The van der Waals surface area contributed by atoms with Crippen molar-refractivity contribution in [2.75, 3.05) is 20.7 Å². The molecule has 2 nitrogen and oxygen atoms in total. The van der Waals surface area contributed by atoms with Gasteiger partial charge >= 0.3 is 0 Å². The molecule has 1 aromatic rings. The summed E-state index contributed by atoms with van der Waals surface area (Å²) in [5.41, 5.74) is 2.73. The lowest BCUT2D eigenvalue weighted by Crippen LogP contribution is -2.18. The second kappa shape index (κ2) is 5.76. The Bertz CT molecular complexity index is 309. The number of methoxy groups -OCH3 is 1. The maximum absolute atomic E-state index is 5.19. The molecule has 1 rings (SSSR count). The third-order valence-electron chi connectivity index (χ3n) is 2.67. The van der Waals surface area contributed by atoms with Gasteiger partial charge < -0.3 is 10.1 Å². The zero-order chi connectivity index (χ0) is 11.3. The highest BCUT2D eigenvalue weighted by Crippen LogP contribution is 2.19. The van der Waals surface area contributed by atoms with Gasteiger partial charge in [-0.3, -0.25) is 0 Å². The predicted octanol–water partition coefficient (Wildman–Crippen LogP) is 2.40. The Morgan fingerprint density at radius 3 is 2.67 bits per heavy atom. The van der Waals surface area contributed by atoms with Gasteiger partial charge in [0.05, 0.1) is 7.11 Å². The van der Waals surface area contributed by atoms with Gasteiger partial charge in [-0.05, 0) is 56.1 Å². The molecule has 84 valence electrons. The summed E-state index contributed by atoms with van der Waals surface area (Å²) in [6, 6.07) is 6.30. The number of ether oxygens (including phenoxy) is 1. The topological polar surface area (TPSA) is 21.3 Å². The van der Waals surface area contributed by atoms with Crippen LogP contribution in [0, 0.1) is 12.8 Å². The number of nitrogens with one attached hydrogen (secondary N) is 1. The molecule has 1 aromatic carbocycles. The minimum absolute atomic E-state index is 0.669. The summed E-state index contributed by atoms with van der Waals surface area (Å²) >= 11 is 0. The lowest BCUT2D eigenvalue weighted by Gasteiger charge is -2.13. The van der Waals surface area contributed by atoms with Crippen molar-refractivity contribution in [2.45, 2.75) is 20.3 Å². The molecule has 0 fully saturated rings. The van der Waals surface area contributed by atoms with Gasteiger partial charge in [-0.2, -0.15) is 0 Å². The molecular formula is C13H21NO. The molecule has 0 saturated carbocycles. The minimum atomic E-state index is 0.669. The van der Waals surface area contributed by atoms with E-state index in [0.717, 1.165) is 18.7 Å². The molecule has 0 aliphatic carbocycles. The van der Waals surface area contributed by atoms with Crippen molar-refractivity contribution >= 4 is 0 Å². The van der Waals surface area contributed by atoms with Crippen LogP contribution in [0.2, 0.25) is 0 Å². The monoisotopic (exact) mass is 207 g/mol. The Kier molecular flexibility index (Phi) is 4.63. The Hall–Kier alpha value is -1.02. The van der Waals surface area contributed by atoms with Crippen molar-refractivity contribution < 1.29 is 4.74 Å². The SMILES string of the molecule is CNCC(C)Cc1ccc(OC)cc1C. The standard InChI is InChI=1S/C13H21NO/c1-10(9-14-3)7-12-5-6-13(15-4)8-11(12)2/h5-6,8,10,14H,7,9H2,1-4H3. The normalized spacial score (nSPS) is 12.5. The summed E-state index contributed by atoms with van der Waals surface area (Å²) in [6.07, 6.45) is 1.12. The molecule has 0 aliphatic heterocycles. The van der Waals surface area contributed by atoms with Crippen LogP contribution < -0.4 is 10.1 Å². The highest BCUT2D eigenvalue weighted by atomic mass is 16.5. The summed E-state index contributed by atoms with van der Waals surface area (Å²) in [5.74, 6) is 1.61. The molecule has 0 saturated heterocycles. The second-order valence-electron chi connectivity index (χ2n) is 4.16. The first-order valence-electron chi connectivity index (χ1n) is 5.45. The molecule has 15 heavy (non-hydrogen) atoms. The lowest BCUT2D eigenvalue weighted by atomic mass is 9.97. The molecule has 1 N–H and O–H groups in total. The lowest BCUT2D eigenvalue weighted by molar-refractivity contribution is 0.414. The molecule has 1 unspecified atom stereocenters. The summed E-state index contributed by atoms with van der Waals surface area (Å²) in [7, 11) is 3.70. The first kappa shape index (κ1) is 12.1. The average molecular weight is 207 g/mol. The quantitative estimate of drug-likeness (QED) is 0.800. The Balaban J connectivity index is 2.69. The molecule has 0 radical (unpaired) electrons. The van der Waals surface area contributed by atoms with E-state index in [9.17, 15) is 0 Å². The number of rotatable bonds is 5. The van der Waals surface area contributed by atoms with E-state index in [4.69, 9.17) is 4.74 Å². The van der Waals surface area contributed by atoms with Gasteiger partial charge in [-0.15, -0.1) is 0 Å². The smallest absolute Gasteiger partial charge is 0.119 e. The Morgan fingerprint density at radius 2 is 2.13 bits per heavy atom. The molecule has 2 heteroatoms. The third-order valence-corrected chi connectivity index (χ3v) is 2.67. The van der Waals surface area contributed by atoms with Crippen LogP contribution in [-0.4, -0.2) is 20.7 Å². The van der Waals surface area contributed by atoms with Gasteiger partial charge in [0, 0.05) is 0 Å². The van der Waals surface area contributed by atoms with Crippen LogP contribution >= 0.6 is 0 Å². The van der Waals surface area contributed by atoms with Crippen molar-refractivity contribution in [3.63, 3.8) is 0 Å². The van der Waals surface area contributed by atoms with Gasteiger partial charge in [0.25, 0.3) is 0 Å². The van der Waals surface area contributed by atoms with Crippen LogP contribution in [0.4, 0.5) is 0 Å². The van der Waals surface area contributed by atoms with Gasteiger partial charge in [-0.1, -0.05) is 13.0 Å². The fourth-order valence-corrected chi connectivity index (χ4v) is 1.82. The number of benzene rings is 1. The zero-order valence-corrected chi connectivity index (χ0v) is 10.1. The van der Waals surface area contributed by atoms with Gasteiger partial charge in [-0.25, -0.2) is 0 Å². The van der Waals surface area contributed by atoms with E-state index >= 15 is 0 Å². The number of hydrogen-bond donors (Lipinski definition) is 1. The van der Waals surface area contributed by atoms with Crippen LogP contribution in [0.1, 0.15) is 18.1 Å². The molecule has 0 bridgehead atoms. The van der Waals surface area contributed by atoms with Gasteiger partial charge in [0.1, 0.15) is 5.75 Å². The van der Waals surface area contributed by atoms with Gasteiger partial charge in [0.2, 0.25) is 0 Å². The molecule has 0 spiro atoms. The van der Waals surface area contributed by atoms with E-state index in [1.54, 1.807) is 7.11 Å². The third kappa shape index (κ3) is 3.56. The van der Waals surface area contributed by atoms with Crippen molar-refractivity contribution in [1.82, 2.24) is 5.32 Å². The van der Waals surface area contributed by atoms with Crippen LogP contribution in [0.5, 0.6) is 5.75 Å². The highest BCUT2D eigenvalue weighted by Gasteiger charge is 2.05. The van der Waals surface area contributed by atoms with Crippen molar-refractivity contribution in [2.24, 2.45) is 5.92 Å². The fraction of sp³-hybridized carbons (Fsp3) is 0.538. The zero-order valence-electron chi connectivity index (χ0n) is 10.1. The molecule has 1 atom stereocenters. The van der Waals surface area contributed by atoms with Crippen LogP contribution in [0.3, 0.4) is 0 Å². The number of aryl methyl sites for hydroxylation is 1. The van der Waals surface area contributed by atoms with Gasteiger partial charge in [0.15, 0.2) is 0 Å². The maximum Gasteiger partial charge on any atom is 0.119 e. The molecule has 0 amide bonds. The van der Waals surface area contributed by atoms with E-state index in [1.165, 1.54) is 11.1 Å². The summed E-state index contributed by atoms with van der Waals surface area (Å²) in [5, 5.41) is 3.21. The van der Waals surface area contributed by atoms with E-state index in [-0.39, 0.29) is 0 Å². The summed E-state index contributed by atoms with van der Waals surface area (Å²) in [4.78, 5) is 0. The van der Waals surface area contributed by atoms with Crippen LogP contribution in [0.15, 0.2) is 18.2 Å². The fourth-order valence-electron chi connectivity index (χ4n) is 1.82. The Morgan fingerprint density at radius 1 is 1.40 bits per heavy atom. The Labute approximate surface area is 92.6 Å². The van der Waals surface area contributed by atoms with Crippen molar-refractivity contribution in [1.29, 1.82) is 0 Å². The minimum Gasteiger partial charge on any atom is -0.497 e. The van der Waals surface area contributed by atoms with Crippen LogP contribution in [0.25, 0.3) is 0 Å². The van der Waals surface area contributed by atoms with Crippen LogP contribution in [-0.2, 0) is 6.42 Å². The van der Waals surface area contributed by atoms with E-state index in [1.807, 2.05) is 13.1 Å². The maximum atomic E-state index is 5.19.